The number of carbonyl (C=O) groups excluding carboxylic acids is 2. The average molecular weight is 413 g/mol. The van der Waals surface area contributed by atoms with Gasteiger partial charge >= 0.3 is 11.6 Å². The van der Waals surface area contributed by atoms with Crippen molar-refractivity contribution in [1.29, 1.82) is 0 Å². The Morgan fingerprint density at radius 1 is 1.10 bits per heavy atom. The molecule has 2 atom stereocenters. The molecule has 1 amide bonds. The molecule has 1 aliphatic carbocycles. The summed E-state index contributed by atoms with van der Waals surface area (Å²) in [6.07, 6.45) is 6.84. The van der Waals surface area contributed by atoms with E-state index in [9.17, 15) is 14.4 Å². The van der Waals surface area contributed by atoms with E-state index in [-0.39, 0.29) is 19.1 Å². The summed E-state index contributed by atoms with van der Waals surface area (Å²) in [5, 5.41) is 0.803. The van der Waals surface area contributed by atoms with E-state index in [1.807, 2.05) is 11.8 Å². The molecule has 2 fully saturated rings. The Hall–Kier alpha value is -2.83. The molecule has 0 spiro atoms. The predicted octanol–water partition coefficient (Wildman–Crippen LogP) is 3.20. The van der Waals surface area contributed by atoms with Crippen LogP contribution in [0.5, 0.6) is 5.75 Å². The number of hydrogen-bond donors (Lipinski definition) is 0. The minimum absolute atomic E-state index is 0.122. The third-order valence-corrected chi connectivity index (χ3v) is 6.20. The van der Waals surface area contributed by atoms with Crippen LogP contribution in [0.4, 0.5) is 0 Å². The Morgan fingerprint density at radius 3 is 2.77 bits per heavy atom. The maximum atomic E-state index is 12.6. The molecule has 1 aliphatic heterocycles. The molecule has 2 heterocycles. The molecule has 0 bridgehead atoms. The van der Waals surface area contributed by atoms with Crippen LogP contribution >= 0.6 is 0 Å². The molecular weight excluding hydrogens is 386 g/mol. The first-order valence-corrected chi connectivity index (χ1v) is 10.6. The second-order valence-electron chi connectivity index (χ2n) is 8.20. The van der Waals surface area contributed by atoms with E-state index in [1.165, 1.54) is 25.3 Å². The first-order chi connectivity index (χ1) is 14.5. The van der Waals surface area contributed by atoms with Crippen LogP contribution in [0.25, 0.3) is 11.0 Å². The number of carbonyl (C=O) groups is 2. The van der Waals surface area contributed by atoms with Gasteiger partial charge in [-0.15, -0.1) is 0 Å². The van der Waals surface area contributed by atoms with Crippen LogP contribution < -0.4 is 10.4 Å². The summed E-state index contributed by atoms with van der Waals surface area (Å²) in [6, 6.07) is 6.76. The smallest absolute Gasteiger partial charge is 0.344 e. The van der Waals surface area contributed by atoms with Gasteiger partial charge in [-0.05, 0) is 56.2 Å². The van der Waals surface area contributed by atoms with Gasteiger partial charge in [-0.2, -0.15) is 0 Å². The van der Waals surface area contributed by atoms with E-state index < -0.39 is 11.6 Å². The minimum atomic E-state index is -0.605. The lowest BCUT2D eigenvalue weighted by atomic mass is 9.78. The predicted molar refractivity (Wildman–Crippen MR) is 110 cm³/mol. The van der Waals surface area contributed by atoms with Gasteiger partial charge in [-0.1, -0.05) is 12.8 Å². The quantitative estimate of drug-likeness (QED) is 0.553. The zero-order valence-corrected chi connectivity index (χ0v) is 17.2. The summed E-state index contributed by atoms with van der Waals surface area (Å²) in [7, 11) is 0. The number of amides is 1. The van der Waals surface area contributed by atoms with Crippen LogP contribution in [0, 0.1) is 12.8 Å². The fourth-order valence-electron chi connectivity index (χ4n) is 4.74. The number of ether oxygens (including phenoxy) is 2. The Morgan fingerprint density at radius 2 is 1.90 bits per heavy atom. The number of esters is 1. The van der Waals surface area contributed by atoms with E-state index in [0.717, 1.165) is 36.8 Å². The van der Waals surface area contributed by atoms with E-state index in [2.05, 4.69) is 0 Å². The third kappa shape index (κ3) is 4.50. The van der Waals surface area contributed by atoms with Gasteiger partial charge in [-0.3, -0.25) is 4.79 Å². The first kappa shape index (κ1) is 20.4. The van der Waals surface area contributed by atoms with Crippen LogP contribution in [-0.2, 0) is 14.3 Å². The van der Waals surface area contributed by atoms with Crippen molar-refractivity contribution >= 4 is 22.8 Å². The molecule has 0 N–H and O–H groups in total. The number of hydrogen-bond acceptors (Lipinski definition) is 6. The molecule has 7 nitrogen and oxygen atoms in total. The maximum Gasteiger partial charge on any atom is 0.344 e. The van der Waals surface area contributed by atoms with Gasteiger partial charge < -0.3 is 18.8 Å². The number of piperidine rings is 1. The maximum absolute atomic E-state index is 12.6. The monoisotopic (exact) mass is 413 g/mol. The second kappa shape index (κ2) is 8.90. The van der Waals surface area contributed by atoms with Crippen LogP contribution in [0.2, 0.25) is 0 Å². The fourth-order valence-corrected chi connectivity index (χ4v) is 4.74. The molecule has 2 aromatic rings. The van der Waals surface area contributed by atoms with Gasteiger partial charge in [0.15, 0.2) is 13.2 Å². The standard InChI is InChI=1S/C23H27NO6/c1-15-11-22(26)30-20-12-17(8-9-18(15)20)28-14-23(27)29-13-21(25)24-10-4-6-16-5-2-3-7-19(16)24/h8-9,11-12,16,19H,2-7,10,13-14H2,1H3/t16-,19+/m0/s1. The lowest BCUT2D eigenvalue weighted by Crippen LogP contribution is -2.51. The lowest BCUT2D eigenvalue weighted by molar-refractivity contribution is -0.156. The van der Waals surface area contributed by atoms with Crippen molar-refractivity contribution in [3.8, 4) is 5.75 Å². The number of fused-ring (bicyclic) bond motifs is 2. The minimum Gasteiger partial charge on any atom is -0.482 e. The number of benzene rings is 1. The fraction of sp³-hybridized carbons (Fsp3) is 0.522. The first-order valence-electron chi connectivity index (χ1n) is 10.6. The van der Waals surface area contributed by atoms with Gasteiger partial charge in [0.25, 0.3) is 5.91 Å². The highest BCUT2D eigenvalue weighted by Gasteiger charge is 2.35. The van der Waals surface area contributed by atoms with Crippen molar-refractivity contribution in [3.05, 3.63) is 40.2 Å². The number of rotatable bonds is 5. The molecule has 0 unspecified atom stereocenters. The molecule has 160 valence electrons. The van der Waals surface area contributed by atoms with Crippen molar-refractivity contribution < 1.29 is 23.5 Å². The highest BCUT2D eigenvalue weighted by molar-refractivity contribution is 5.82. The van der Waals surface area contributed by atoms with E-state index in [0.29, 0.717) is 23.3 Å². The van der Waals surface area contributed by atoms with Crippen LogP contribution in [-0.4, -0.2) is 42.6 Å². The SMILES string of the molecule is Cc1cc(=O)oc2cc(OCC(=O)OCC(=O)N3CCC[C@@H]4CCCC[C@H]43)ccc12. The van der Waals surface area contributed by atoms with Crippen molar-refractivity contribution in [2.45, 2.75) is 51.5 Å². The molecule has 30 heavy (non-hydrogen) atoms. The van der Waals surface area contributed by atoms with Crippen molar-refractivity contribution in [3.63, 3.8) is 0 Å². The molecule has 7 heteroatoms. The molecule has 2 aliphatic rings. The summed E-state index contributed by atoms with van der Waals surface area (Å²) in [5.41, 5.74) is 0.768. The topological polar surface area (TPSA) is 86.0 Å². The summed E-state index contributed by atoms with van der Waals surface area (Å²) in [6.45, 7) is 2.00. The second-order valence-corrected chi connectivity index (χ2v) is 8.20. The Labute approximate surface area is 174 Å². The lowest BCUT2D eigenvalue weighted by Gasteiger charge is -2.44. The third-order valence-electron chi connectivity index (χ3n) is 6.20. The summed E-state index contributed by atoms with van der Waals surface area (Å²) in [4.78, 5) is 38.1. The average Bonchev–Trinajstić information content (AvgIpc) is 2.75. The van der Waals surface area contributed by atoms with Gasteiger partial charge in [0.2, 0.25) is 0 Å². The molecule has 1 aromatic carbocycles. The van der Waals surface area contributed by atoms with E-state index in [4.69, 9.17) is 13.9 Å². The van der Waals surface area contributed by atoms with Crippen molar-refractivity contribution in [2.24, 2.45) is 5.92 Å². The van der Waals surface area contributed by atoms with Crippen LogP contribution in [0.3, 0.4) is 0 Å². The molecule has 1 saturated carbocycles. The highest BCUT2D eigenvalue weighted by Crippen LogP contribution is 2.35. The summed E-state index contributed by atoms with van der Waals surface area (Å²) < 4.78 is 15.8. The summed E-state index contributed by atoms with van der Waals surface area (Å²) in [5.74, 6) is 0.252. The highest BCUT2D eigenvalue weighted by atomic mass is 16.6. The van der Waals surface area contributed by atoms with Crippen LogP contribution in [0.1, 0.15) is 44.1 Å². The van der Waals surface area contributed by atoms with Gasteiger partial charge in [0, 0.05) is 30.1 Å². The molecule has 1 aromatic heterocycles. The zero-order chi connectivity index (χ0) is 21.1. The Bertz CT molecular complexity index is 995. The Kier molecular flexibility index (Phi) is 6.06. The zero-order valence-electron chi connectivity index (χ0n) is 17.2. The molecule has 1 saturated heterocycles. The van der Waals surface area contributed by atoms with Crippen molar-refractivity contribution in [2.75, 3.05) is 19.8 Å². The summed E-state index contributed by atoms with van der Waals surface area (Å²) >= 11 is 0. The number of nitrogens with zero attached hydrogens (tertiary/aromatic N) is 1. The van der Waals surface area contributed by atoms with E-state index in [1.54, 1.807) is 18.2 Å². The normalized spacial score (nSPS) is 21.2. The largest absolute Gasteiger partial charge is 0.482 e. The number of aryl methyl sites for hydroxylation is 1. The van der Waals surface area contributed by atoms with Gasteiger partial charge in [0.1, 0.15) is 11.3 Å². The van der Waals surface area contributed by atoms with Gasteiger partial charge in [0.05, 0.1) is 0 Å². The van der Waals surface area contributed by atoms with E-state index >= 15 is 0 Å². The van der Waals surface area contributed by atoms with Gasteiger partial charge in [-0.25, -0.2) is 9.59 Å². The van der Waals surface area contributed by atoms with Crippen LogP contribution in [0.15, 0.2) is 33.5 Å². The Balaban J connectivity index is 1.29. The van der Waals surface area contributed by atoms with Crippen molar-refractivity contribution in [1.82, 2.24) is 4.90 Å². The molecule has 0 radical (unpaired) electrons. The molecule has 4 rings (SSSR count). The molecular formula is C23H27NO6. The number of likely N-dealkylation sites (tertiary alicyclic amines) is 1.